The molecule has 1 aliphatic rings. The summed E-state index contributed by atoms with van der Waals surface area (Å²) in [7, 11) is 1.94. The Morgan fingerprint density at radius 3 is 2.54 bits per heavy atom. The highest BCUT2D eigenvalue weighted by Gasteiger charge is 2.36. The largest absolute Gasteiger partial charge is 0.268 e. The SMILES string of the molecule is Cn1nccc1-c1c(C#N)c(C(C)(C)C)nc2c1CCCC2(C)C. The molecular weight excluding hydrogens is 296 g/mol. The standard InChI is InChI=1S/C20H26N4/c1-19(2,3)17-14(12-21)16(15-9-11-22-24(15)6)13-8-7-10-20(4,5)18(13)23-17/h9,11H,7-8,10H2,1-6H3. The fourth-order valence-corrected chi connectivity index (χ4v) is 3.80. The Balaban J connectivity index is 2.47. The predicted octanol–water partition coefficient (Wildman–Crippen LogP) is 4.27. The van der Waals surface area contributed by atoms with Crippen molar-refractivity contribution in [3.05, 3.63) is 34.8 Å². The van der Waals surface area contributed by atoms with Crippen molar-refractivity contribution in [3.8, 4) is 17.3 Å². The average Bonchev–Trinajstić information content (AvgIpc) is 2.90. The van der Waals surface area contributed by atoms with Crippen LogP contribution in [0.15, 0.2) is 12.3 Å². The van der Waals surface area contributed by atoms with Crippen molar-refractivity contribution in [3.63, 3.8) is 0 Å². The molecule has 0 spiro atoms. The third-order valence-electron chi connectivity index (χ3n) is 5.07. The maximum absolute atomic E-state index is 9.96. The summed E-state index contributed by atoms with van der Waals surface area (Å²) in [5.74, 6) is 0. The molecule has 0 saturated heterocycles. The molecule has 2 heterocycles. The highest BCUT2D eigenvalue weighted by molar-refractivity contribution is 5.74. The third-order valence-corrected chi connectivity index (χ3v) is 5.07. The fraction of sp³-hybridized carbons (Fsp3) is 0.550. The average molecular weight is 322 g/mol. The van der Waals surface area contributed by atoms with E-state index in [1.165, 1.54) is 5.56 Å². The molecule has 0 atom stereocenters. The number of rotatable bonds is 1. The number of hydrogen-bond acceptors (Lipinski definition) is 3. The van der Waals surface area contributed by atoms with Crippen molar-refractivity contribution in [1.29, 1.82) is 5.26 Å². The molecule has 24 heavy (non-hydrogen) atoms. The molecule has 0 radical (unpaired) electrons. The molecule has 4 heteroatoms. The lowest BCUT2D eigenvalue weighted by molar-refractivity contribution is 0.412. The van der Waals surface area contributed by atoms with Crippen LogP contribution in [-0.2, 0) is 24.3 Å². The minimum absolute atomic E-state index is 0.0366. The molecular formula is C20H26N4. The van der Waals surface area contributed by atoms with E-state index in [-0.39, 0.29) is 10.8 Å². The summed E-state index contributed by atoms with van der Waals surface area (Å²) in [5.41, 5.74) is 5.91. The predicted molar refractivity (Wildman–Crippen MR) is 95.8 cm³/mol. The topological polar surface area (TPSA) is 54.5 Å². The summed E-state index contributed by atoms with van der Waals surface area (Å²) >= 11 is 0. The number of hydrogen-bond donors (Lipinski definition) is 0. The second kappa shape index (κ2) is 5.44. The number of aryl methyl sites for hydroxylation is 1. The first-order chi connectivity index (χ1) is 11.2. The number of nitriles is 1. The van der Waals surface area contributed by atoms with Gasteiger partial charge in [-0.25, -0.2) is 0 Å². The van der Waals surface area contributed by atoms with Crippen molar-refractivity contribution < 1.29 is 0 Å². The van der Waals surface area contributed by atoms with E-state index in [0.29, 0.717) is 5.56 Å². The number of aromatic nitrogens is 3. The van der Waals surface area contributed by atoms with E-state index in [2.05, 4.69) is 45.8 Å². The zero-order valence-electron chi connectivity index (χ0n) is 15.6. The molecule has 4 nitrogen and oxygen atoms in total. The summed E-state index contributed by atoms with van der Waals surface area (Å²) < 4.78 is 1.87. The van der Waals surface area contributed by atoms with E-state index in [1.807, 2.05) is 17.8 Å². The van der Waals surface area contributed by atoms with Gasteiger partial charge in [-0.15, -0.1) is 0 Å². The first kappa shape index (κ1) is 16.7. The molecule has 0 N–H and O–H groups in total. The van der Waals surface area contributed by atoms with Crippen LogP contribution >= 0.6 is 0 Å². The van der Waals surface area contributed by atoms with Gasteiger partial charge >= 0.3 is 0 Å². The van der Waals surface area contributed by atoms with E-state index >= 15 is 0 Å². The van der Waals surface area contributed by atoms with Gasteiger partial charge in [0.2, 0.25) is 0 Å². The molecule has 2 aromatic heterocycles. The van der Waals surface area contributed by atoms with Crippen LogP contribution in [-0.4, -0.2) is 14.8 Å². The lowest BCUT2D eigenvalue weighted by atomic mass is 9.72. The van der Waals surface area contributed by atoms with Gasteiger partial charge < -0.3 is 0 Å². The minimum Gasteiger partial charge on any atom is -0.268 e. The molecule has 2 aromatic rings. The normalized spacial score (nSPS) is 16.5. The first-order valence-corrected chi connectivity index (χ1v) is 8.63. The van der Waals surface area contributed by atoms with Crippen molar-refractivity contribution in [2.45, 2.75) is 64.7 Å². The third kappa shape index (κ3) is 2.53. The van der Waals surface area contributed by atoms with Crippen LogP contribution in [0.25, 0.3) is 11.3 Å². The molecule has 0 bridgehead atoms. The maximum Gasteiger partial charge on any atom is 0.102 e. The van der Waals surface area contributed by atoms with E-state index < -0.39 is 0 Å². The summed E-state index contributed by atoms with van der Waals surface area (Å²) in [6.07, 6.45) is 5.04. The van der Waals surface area contributed by atoms with Crippen LogP contribution in [0, 0.1) is 11.3 Å². The summed E-state index contributed by atoms with van der Waals surface area (Å²) in [4.78, 5) is 5.06. The highest BCUT2D eigenvalue weighted by Crippen LogP contribution is 2.43. The number of nitrogens with zero attached hydrogens (tertiary/aromatic N) is 4. The molecule has 0 unspecified atom stereocenters. The van der Waals surface area contributed by atoms with Crippen LogP contribution in [0.5, 0.6) is 0 Å². The quantitative estimate of drug-likeness (QED) is 0.788. The summed E-state index contributed by atoms with van der Waals surface area (Å²) in [5, 5.41) is 14.3. The summed E-state index contributed by atoms with van der Waals surface area (Å²) in [6, 6.07) is 4.46. The molecule has 0 fully saturated rings. The minimum atomic E-state index is -0.180. The molecule has 0 aromatic carbocycles. The Labute approximate surface area is 144 Å². The molecule has 3 rings (SSSR count). The number of pyridine rings is 1. The maximum atomic E-state index is 9.96. The Kier molecular flexibility index (Phi) is 3.79. The molecule has 1 aliphatic carbocycles. The Hall–Kier alpha value is -2.15. The van der Waals surface area contributed by atoms with Crippen molar-refractivity contribution in [2.75, 3.05) is 0 Å². The van der Waals surface area contributed by atoms with Crippen LogP contribution in [0.4, 0.5) is 0 Å². The monoisotopic (exact) mass is 322 g/mol. The smallest absolute Gasteiger partial charge is 0.102 e. The van der Waals surface area contributed by atoms with Crippen LogP contribution in [0.2, 0.25) is 0 Å². The van der Waals surface area contributed by atoms with Gasteiger partial charge in [0.15, 0.2) is 0 Å². The fourth-order valence-electron chi connectivity index (χ4n) is 3.80. The lowest BCUT2D eigenvalue weighted by Crippen LogP contribution is -2.30. The van der Waals surface area contributed by atoms with E-state index in [0.717, 1.165) is 41.9 Å². The Morgan fingerprint density at radius 1 is 1.29 bits per heavy atom. The van der Waals surface area contributed by atoms with Crippen LogP contribution in [0.3, 0.4) is 0 Å². The second-order valence-corrected chi connectivity index (χ2v) is 8.48. The van der Waals surface area contributed by atoms with Crippen LogP contribution < -0.4 is 0 Å². The Bertz CT molecular complexity index is 829. The number of fused-ring (bicyclic) bond motifs is 1. The van der Waals surface area contributed by atoms with Gasteiger partial charge in [-0.2, -0.15) is 10.4 Å². The Morgan fingerprint density at radius 2 is 2.00 bits per heavy atom. The van der Waals surface area contributed by atoms with Gasteiger partial charge in [-0.05, 0) is 30.9 Å². The lowest BCUT2D eigenvalue weighted by Gasteiger charge is -2.35. The summed E-state index contributed by atoms with van der Waals surface area (Å²) in [6.45, 7) is 10.9. The zero-order chi connectivity index (χ0) is 17.7. The van der Waals surface area contributed by atoms with Gasteiger partial charge in [0.25, 0.3) is 0 Å². The zero-order valence-corrected chi connectivity index (χ0v) is 15.6. The van der Waals surface area contributed by atoms with Gasteiger partial charge in [-0.1, -0.05) is 34.6 Å². The van der Waals surface area contributed by atoms with Gasteiger partial charge in [0.05, 0.1) is 22.6 Å². The van der Waals surface area contributed by atoms with Gasteiger partial charge in [-0.3, -0.25) is 9.67 Å². The van der Waals surface area contributed by atoms with Gasteiger partial charge in [0.1, 0.15) is 6.07 Å². The van der Waals surface area contributed by atoms with Gasteiger partial charge in [0, 0.05) is 29.6 Å². The molecule has 0 amide bonds. The molecule has 0 aliphatic heterocycles. The highest BCUT2D eigenvalue weighted by atomic mass is 15.3. The molecule has 0 saturated carbocycles. The van der Waals surface area contributed by atoms with E-state index in [4.69, 9.17) is 4.98 Å². The second-order valence-electron chi connectivity index (χ2n) is 8.48. The van der Waals surface area contributed by atoms with Crippen LogP contribution in [0.1, 0.15) is 70.0 Å². The van der Waals surface area contributed by atoms with Crippen molar-refractivity contribution in [2.24, 2.45) is 7.05 Å². The van der Waals surface area contributed by atoms with E-state index in [9.17, 15) is 5.26 Å². The first-order valence-electron chi connectivity index (χ1n) is 8.63. The van der Waals surface area contributed by atoms with E-state index in [1.54, 1.807) is 6.20 Å². The van der Waals surface area contributed by atoms with Crippen molar-refractivity contribution in [1.82, 2.24) is 14.8 Å². The van der Waals surface area contributed by atoms with Crippen molar-refractivity contribution >= 4 is 0 Å². The molecule has 126 valence electrons.